The second kappa shape index (κ2) is 22.3. The first kappa shape index (κ1) is 53.7. The molecule has 16 nitrogen and oxygen atoms in total. The number of fused-ring (bicyclic) bond motifs is 3. The number of rotatable bonds is 14. The zero-order valence-electron chi connectivity index (χ0n) is 43.9. The van der Waals surface area contributed by atoms with E-state index in [1.165, 1.54) is 16.0 Å². The molecule has 2 heterocycles. The van der Waals surface area contributed by atoms with Gasteiger partial charge in [-0.2, -0.15) is 0 Å². The van der Waals surface area contributed by atoms with Crippen molar-refractivity contribution >= 4 is 47.0 Å². The normalized spacial score (nSPS) is 22.4. The van der Waals surface area contributed by atoms with Gasteiger partial charge in [-0.05, 0) is 129 Å². The zero-order valence-corrected chi connectivity index (χ0v) is 43.9. The Labute approximate surface area is 425 Å². The number of hydrogen-bond donors (Lipinski definition) is 7. The van der Waals surface area contributed by atoms with Crippen molar-refractivity contribution in [1.29, 1.82) is 0 Å². The average Bonchev–Trinajstić information content (AvgIpc) is 3.81. The topological polar surface area (TPSA) is 210 Å². The first-order valence-corrected chi connectivity index (χ1v) is 25.8. The second-order valence-corrected chi connectivity index (χ2v) is 22.5. The monoisotopic (exact) mass is 988 g/mol. The third-order valence-electron chi connectivity index (χ3n) is 15.3. The van der Waals surface area contributed by atoms with Gasteiger partial charge in [0, 0.05) is 25.2 Å². The summed E-state index contributed by atoms with van der Waals surface area (Å²) in [4.78, 5) is 103. The van der Waals surface area contributed by atoms with E-state index in [0.29, 0.717) is 5.69 Å². The molecule has 0 bridgehead atoms. The maximum absolute atomic E-state index is 15.0. The molecule has 16 heteroatoms. The van der Waals surface area contributed by atoms with E-state index >= 15 is 0 Å². The van der Waals surface area contributed by atoms with E-state index in [0.717, 1.165) is 60.8 Å². The average molecular weight is 988 g/mol. The van der Waals surface area contributed by atoms with Crippen LogP contribution in [-0.4, -0.2) is 108 Å². The Hall–Kier alpha value is -6.13. The number of carbonyl (C=O) groups excluding carboxylic acids is 7. The predicted octanol–water partition coefficient (Wildman–Crippen LogP) is 4.76. The SMILES string of the molecule is CN[C@@H](C)C(=O)N[C@H](C(=O)N1Cc2cc(NC(=O)[C@H]3C[C@@H](C(=O)N[C@@H]4CCCc5ccccc54)N(C(=O)[C@@H](NC(=O)[C@H](C)NC)C(C)(C)C)C3)ccc2C[C@H]1C(=O)N[C@@H]1CCCc2ccccc21)C(C)(C)C. The number of carbonyl (C=O) groups is 7. The van der Waals surface area contributed by atoms with E-state index in [1.54, 1.807) is 38.9 Å². The number of aryl methyl sites for hydroxylation is 2. The van der Waals surface area contributed by atoms with Crippen molar-refractivity contribution in [2.75, 3.05) is 26.0 Å². The third kappa shape index (κ3) is 12.0. The minimum absolute atomic E-state index is 0.0333. The van der Waals surface area contributed by atoms with Gasteiger partial charge in [0.05, 0.1) is 30.1 Å². The molecule has 72 heavy (non-hydrogen) atoms. The smallest absolute Gasteiger partial charge is 0.246 e. The molecule has 3 aromatic rings. The van der Waals surface area contributed by atoms with E-state index in [2.05, 4.69) is 49.4 Å². The number of likely N-dealkylation sites (N-methyl/N-ethyl adjacent to an activating group) is 2. The Kier molecular flexibility index (Phi) is 16.6. The Morgan fingerprint density at radius 3 is 1.57 bits per heavy atom. The van der Waals surface area contributed by atoms with Crippen LogP contribution >= 0.6 is 0 Å². The van der Waals surface area contributed by atoms with Crippen molar-refractivity contribution in [3.05, 3.63) is 100 Å². The molecular weight excluding hydrogens is 911 g/mol. The molecule has 0 spiro atoms. The van der Waals surface area contributed by atoms with Crippen LogP contribution in [0.5, 0.6) is 0 Å². The lowest BCUT2D eigenvalue weighted by Gasteiger charge is -2.42. The van der Waals surface area contributed by atoms with Crippen LogP contribution in [0.3, 0.4) is 0 Å². The van der Waals surface area contributed by atoms with Crippen LogP contribution in [0.2, 0.25) is 0 Å². The predicted molar refractivity (Wildman–Crippen MR) is 277 cm³/mol. The number of benzene rings is 3. The van der Waals surface area contributed by atoms with Crippen LogP contribution in [0.15, 0.2) is 66.7 Å². The van der Waals surface area contributed by atoms with Crippen LogP contribution in [0.25, 0.3) is 0 Å². The summed E-state index contributed by atoms with van der Waals surface area (Å²) in [5.41, 5.74) is 5.01. The summed E-state index contributed by atoms with van der Waals surface area (Å²) in [5.74, 6) is -3.39. The van der Waals surface area contributed by atoms with Crippen molar-refractivity contribution in [1.82, 2.24) is 41.7 Å². The molecule has 0 aromatic heterocycles. The molecule has 4 aliphatic rings. The number of nitrogens with zero attached hydrogens (tertiary/aromatic N) is 2. The Morgan fingerprint density at radius 2 is 1.07 bits per heavy atom. The quantitative estimate of drug-likeness (QED) is 0.119. The second-order valence-electron chi connectivity index (χ2n) is 22.5. The highest BCUT2D eigenvalue weighted by Gasteiger charge is 2.48. The molecule has 3 aromatic carbocycles. The highest BCUT2D eigenvalue weighted by Crippen LogP contribution is 2.36. The Bertz CT molecular complexity index is 2530. The van der Waals surface area contributed by atoms with Crippen molar-refractivity contribution in [2.24, 2.45) is 16.7 Å². The van der Waals surface area contributed by atoms with Crippen molar-refractivity contribution in [3.63, 3.8) is 0 Å². The summed E-state index contributed by atoms with van der Waals surface area (Å²) in [5, 5.41) is 21.3. The highest BCUT2D eigenvalue weighted by molar-refractivity contribution is 5.98. The lowest BCUT2D eigenvalue weighted by molar-refractivity contribution is -0.147. The van der Waals surface area contributed by atoms with Gasteiger partial charge in [-0.3, -0.25) is 33.6 Å². The molecule has 0 unspecified atom stereocenters. The summed E-state index contributed by atoms with van der Waals surface area (Å²) in [7, 11) is 3.33. The Balaban J connectivity index is 1.16. The van der Waals surface area contributed by atoms with Gasteiger partial charge in [0.1, 0.15) is 24.2 Å². The molecule has 7 amide bonds. The lowest BCUT2D eigenvalue weighted by atomic mass is 9.83. The zero-order chi connectivity index (χ0) is 52.2. The third-order valence-corrected chi connectivity index (χ3v) is 15.3. The van der Waals surface area contributed by atoms with Crippen LogP contribution in [0.1, 0.15) is 133 Å². The van der Waals surface area contributed by atoms with E-state index in [1.807, 2.05) is 90.1 Å². The molecule has 2 aliphatic carbocycles. The van der Waals surface area contributed by atoms with Gasteiger partial charge in [0.25, 0.3) is 0 Å². The number of hydrogen-bond acceptors (Lipinski definition) is 9. The fourth-order valence-electron chi connectivity index (χ4n) is 10.7. The summed E-state index contributed by atoms with van der Waals surface area (Å²) in [6.45, 7) is 14.6. The van der Waals surface area contributed by atoms with Gasteiger partial charge in [-0.25, -0.2) is 0 Å². The van der Waals surface area contributed by atoms with Gasteiger partial charge in [-0.15, -0.1) is 0 Å². The van der Waals surface area contributed by atoms with Gasteiger partial charge in [0.2, 0.25) is 41.4 Å². The first-order chi connectivity index (χ1) is 34.1. The molecule has 0 radical (unpaired) electrons. The van der Waals surface area contributed by atoms with Crippen LogP contribution in [0, 0.1) is 16.7 Å². The fourth-order valence-corrected chi connectivity index (χ4v) is 10.7. The minimum Gasteiger partial charge on any atom is -0.347 e. The van der Waals surface area contributed by atoms with Gasteiger partial charge < -0.3 is 47.0 Å². The van der Waals surface area contributed by atoms with Crippen molar-refractivity contribution < 1.29 is 33.6 Å². The fraction of sp³-hybridized carbons (Fsp3) is 0.554. The largest absolute Gasteiger partial charge is 0.347 e. The molecule has 1 saturated heterocycles. The molecule has 9 atom stereocenters. The van der Waals surface area contributed by atoms with E-state index in [9.17, 15) is 33.6 Å². The van der Waals surface area contributed by atoms with Gasteiger partial charge in [-0.1, -0.05) is 96.1 Å². The summed E-state index contributed by atoms with van der Waals surface area (Å²) in [6.07, 6.45) is 5.40. The van der Waals surface area contributed by atoms with Gasteiger partial charge in [0.15, 0.2) is 0 Å². The number of nitrogens with one attached hydrogen (secondary N) is 7. The van der Waals surface area contributed by atoms with Crippen LogP contribution in [0.4, 0.5) is 5.69 Å². The highest BCUT2D eigenvalue weighted by atomic mass is 16.2. The van der Waals surface area contributed by atoms with E-state index in [-0.39, 0.29) is 61.6 Å². The van der Waals surface area contributed by atoms with Crippen LogP contribution in [-0.2, 0) is 59.4 Å². The molecule has 7 rings (SSSR count). The number of anilines is 1. The first-order valence-electron chi connectivity index (χ1n) is 25.8. The lowest BCUT2D eigenvalue weighted by Crippen LogP contribution is -2.62. The molecular formula is C56H77N9O7. The molecule has 1 fully saturated rings. The summed E-state index contributed by atoms with van der Waals surface area (Å²) in [6, 6.07) is 16.1. The summed E-state index contributed by atoms with van der Waals surface area (Å²) < 4.78 is 0. The van der Waals surface area contributed by atoms with Crippen molar-refractivity contribution in [2.45, 2.75) is 162 Å². The standard InChI is InChI=1S/C56H77N9O7/c1-32(57-9)48(66)62-46(55(3,4)5)53(71)64-30-37-27-39(26-25-36(37)28-44(64)51(69)60-42-23-15-19-34-17-11-13-21-40(34)42)59-50(68)38-29-45(52(70)61-43-24-16-20-35-18-12-14-22-41(35)43)65(31-38)54(72)47(56(6,7)8)63-49(67)33(2)58-10/h11-14,17-18,21-22,25-27,32-33,38,42-47,57-58H,15-16,19-20,23-24,28-31H2,1-10H3,(H,59,68)(H,60,69)(H,61,70)(H,62,66)(H,63,67)/t32-,33-,38-,42+,43+,44-,45-,46+,47+/m0/s1. The number of amides is 7. The van der Waals surface area contributed by atoms with E-state index < -0.39 is 70.7 Å². The maximum atomic E-state index is 15.0. The minimum atomic E-state index is -0.998. The van der Waals surface area contributed by atoms with Gasteiger partial charge >= 0.3 is 0 Å². The number of likely N-dealkylation sites (tertiary alicyclic amines) is 1. The molecule has 2 aliphatic heterocycles. The Morgan fingerprint density at radius 1 is 0.583 bits per heavy atom. The molecule has 0 saturated carbocycles. The molecule has 7 N–H and O–H groups in total. The maximum Gasteiger partial charge on any atom is 0.246 e. The van der Waals surface area contributed by atoms with Crippen molar-refractivity contribution in [3.8, 4) is 0 Å². The van der Waals surface area contributed by atoms with Crippen LogP contribution < -0.4 is 37.2 Å². The summed E-state index contributed by atoms with van der Waals surface area (Å²) >= 11 is 0. The van der Waals surface area contributed by atoms with E-state index in [4.69, 9.17) is 0 Å². The molecule has 388 valence electrons.